The molecule has 0 radical (unpaired) electrons. The van der Waals surface area contributed by atoms with Crippen molar-refractivity contribution in [3.63, 3.8) is 0 Å². The molecule has 0 bridgehead atoms. The van der Waals surface area contributed by atoms with E-state index in [2.05, 4.69) is 240 Å². The summed E-state index contributed by atoms with van der Waals surface area (Å²) in [5, 5.41) is 7.54. The number of benzene rings is 10. The van der Waals surface area contributed by atoms with Crippen molar-refractivity contribution in [2.75, 3.05) is 4.90 Å². The van der Waals surface area contributed by atoms with Crippen LogP contribution < -0.4 is 4.90 Å². The van der Waals surface area contributed by atoms with E-state index in [-0.39, 0.29) is 0 Å². The van der Waals surface area contributed by atoms with E-state index < -0.39 is 0 Å². The SMILES string of the molecule is c1ccc(-c2cc3c4ccccc4n(-c4ccc(-c5ccc(N(c6ccccc6)c6ccc(-c7cccc8ccccc78)cc6)cc5)cc4)c3c3ccccc23)cc1. The third-order valence-corrected chi connectivity index (χ3v) is 11.6. The molecule has 2 heteroatoms. The fraction of sp³-hybridized carbons (Fsp3) is 0. The molecule has 0 aliphatic rings. The van der Waals surface area contributed by atoms with E-state index >= 15 is 0 Å². The number of nitrogens with zero attached hydrogens (tertiary/aromatic N) is 2. The summed E-state index contributed by atoms with van der Waals surface area (Å²) in [6.45, 7) is 0. The van der Waals surface area contributed by atoms with Crippen LogP contribution in [0.2, 0.25) is 0 Å². The highest BCUT2D eigenvalue weighted by atomic mass is 15.1. The van der Waals surface area contributed by atoms with Crippen molar-refractivity contribution >= 4 is 60.4 Å². The van der Waals surface area contributed by atoms with Crippen LogP contribution in [0.4, 0.5) is 17.1 Å². The topological polar surface area (TPSA) is 8.17 Å². The number of hydrogen-bond acceptors (Lipinski definition) is 1. The zero-order valence-electron chi connectivity index (χ0n) is 31.8. The monoisotopic (exact) mass is 738 g/mol. The van der Waals surface area contributed by atoms with Crippen LogP contribution in [0.5, 0.6) is 0 Å². The summed E-state index contributed by atoms with van der Waals surface area (Å²) >= 11 is 0. The maximum absolute atomic E-state index is 2.44. The molecule has 0 spiro atoms. The lowest BCUT2D eigenvalue weighted by atomic mass is 9.95. The second-order valence-electron chi connectivity index (χ2n) is 14.9. The molecule has 1 heterocycles. The second kappa shape index (κ2) is 14.1. The van der Waals surface area contributed by atoms with Gasteiger partial charge in [0.25, 0.3) is 0 Å². The van der Waals surface area contributed by atoms with Gasteiger partial charge in [0.1, 0.15) is 0 Å². The molecule has 0 saturated carbocycles. The zero-order chi connectivity index (χ0) is 38.4. The molecule has 2 nitrogen and oxygen atoms in total. The second-order valence-corrected chi connectivity index (χ2v) is 14.9. The van der Waals surface area contributed by atoms with Crippen molar-refractivity contribution in [2.24, 2.45) is 0 Å². The van der Waals surface area contributed by atoms with Gasteiger partial charge in [-0.05, 0) is 110 Å². The van der Waals surface area contributed by atoms with Gasteiger partial charge in [-0.25, -0.2) is 0 Å². The fourth-order valence-corrected chi connectivity index (χ4v) is 8.85. The lowest BCUT2D eigenvalue weighted by Gasteiger charge is -2.26. The number of hydrogen-bond donors (Lipinski definition) is 0. The van der Waals surface area contributed by atoms with Crippen LogP contribution in [0.15, 0.2) is 231 Å². The molecule has 272 valence electrons. The first-order valence-electron chi connectivity index (χ1n) is 19.9. The predicted octanol–water partition coefficient (Wildman–Crippen LogP) is 15.6. The van der Waals surface area contributed by atoms with E-state index in [1.165, 1.54) is 76.7 Å². The molecule has 0 aliphatic heterocycles. The highest BCUT2D eigenvalue weighted by molar-refractivity contribution is 6.22. The predicted molar refractivity (Wildman–Crippen MR) is 247 cm³/mol. The molecule has 11 aromatic rings. The van der Waals surface area contributed by atoms with E-state index in [4.69, 9.17) is 0 Å². The summed E-state index contributed by atoms with van der Waals surface area (Å²) in [7, 11) is 0. The normalized spacial score (nSPS) is 11.4. The van der Waals surface area contributed by atoms with Crippen LogP contribution >= 0.6 is 0 Å². The largest absolute Gasteiger partial charge is 0.311 e. The number of anilines is 3. The molecule has 11 rings (SSSR count). The first-order valence-corrected chi connectivity index (χ1v) is 19.9. The lowest BCUT2D eigenvalue weighted by molar-refractivity contribution is 1.19. The molecule has 0 aliphatic carbocycles. The Bertz CT molecular complexity index is 3230. The van der Waals surface area contributed by atoms with Crippen LogP contribution in [0.25, 0.3) is 82.4 Å². The van der Waals surface area contributed by atoms with Gasteiger partial charge < -0.3 is 9.47 Å². The standard InChI is InChI=1S/C56H38N2/c1-3-14-42(15-4-1)53-38-54-51-22-11-12-25-55(51)58(56(54)52-23-10-9-21-50(52)53)47-34-28-40(29-35-47)39-26-32-45(33-27-39)57(44-18-5-2-6-19-44)46-36-30-43(31-37-46)49-24-13-17-41-16-7-8-20-48(41)49/h1-38H. The minimum atomic E-state index is 1.11. The van der Waals surface area contributed by atoms with Gasteiger partial charge in [0.05, 0.1) is 11.0 Å². The molecule has 0 saturated heterocycles. The number of fused-ring (bicyclic) bond motifs is 6. The zero-order valence-corrected chi connectivity index (χ0v) is 31.8. The van der Waals surface area contributed by atoms with Crippen molar-refractivity contribution in [3.8, 4) is 39.1 Å². The first-order chi connectivity index (χ1) is 28.8. The molecular formula is C56H38N2. The number of para-hydroxylation sites is 2. The van der Waals surface area contributed by atoms with E-state index in [1.807, 2.05) is 0 Å². The van der Waals surface area contributed by atoms with Gasteiger partial charge in [0.2, 0.25) is 0 Å². The molecule has 0 unspecified atom stereocenters. The van der Waals surface area contributed by atoms with E-state index in [1.54, 1.807) is 0 Å². The van der Waals surface area contributed by atoms with E-state index in [0.717, 1.165) is 22.7 Å². The first kappa shape index (κ1) is 33.6. The Hall–Kier alpha value is -7.68. The van der Waals surface area contributed by atoms with Crippen LogP contribution in [-0.4, -0.2) is 4.57 Å². The summed E-state index contributed by atoms with van der Waals surface area (Å²) in [5.41, 5.74) is 14.2. The van der Waals surface area contributed by atoms with E-state index in [9.17, 15) is 0 Å². The third-order valence-electron chi connectivity index (χ3n) is 11.6. The Balaban J connectivity index is 0.952. The average molecular weight is 739 g/mol. The summed E-state index contributed by atoms with van der Waals surface area (Å²) < 4.78 is 2.44. The van der Waals surface area contributed by atoms with Gasteiger partial charge in [-0.15, -0.1) is 0 Å². The molecule has 0 atom stereocenters. The van der Waals surface area contributed by atoms with Crippen LogP contribution in [0.1, 0.15) is 0 Å². The Morgan fingerprint density at radius 2 is 0.793 bits per heavy atom. The summed E-state index contributed by atoms with van der Waals surface area (Å²) in [5.74, 6) is 0. The van der Waals surface area contributed by atoms with Gasteiger partial charge >= 0.3 is 0 Å². The van der Waals surface area contributed by atoms with Crippen LogP contribution in [-0.2, 0) is 0 Å². The van der Waals surface area contributed by atoms with Crippen LogP contribution in [0.3, 0.4) is 0 Å². The van der Waals surface area contributed by atoms with Gasteiger partial charge in [-0.2, -0.15) is 0 Å². The lowest BCUT2D eigenvalue weighted by Crippen LogP contribution is -2.09. The van der Waals surface area contributed by atoms with E-state index in [0.29, 0.717) is 0 Å². The average Bonchev–Trinajstić information content (AvgIpc) is 3.64. The van der Waals surface area contributed by atoms with Crippen molar-refractivity contribution in [2.45, 2.75) is 0 Å². The Morgan fingerprint density at radius 1 is 0.293 bits per heavy atom. The Morgan fingerprint density at radius 3 is 1.50 bits per heavy atom. The minimum Gasteiger partial charge on any atom is -0.311 e. The molecule has 0 fully saturated rings. The maximum Gasteiger partial charge on any atom is 0.0619 e. The van der Waals surface area contributed by atoms with Gasteiger partial charge in [-0.1, -0.05) is 170 Å². The Labute approximate surface area is 338 Å². The molecular weight excluding hydrogens is 701 g/mol. The third kappa shape index (κ3) is 5.74. The van der Waals surface area contributed by atoms with Crippen LogP contribution in [0, 0.1) is 0 Å². The molecule has 58 heavy (non-hydrogen) atoms. The number of aromatic nitrogens is 1. The summed E-state index contributed by atoms with van der Waals surface area (Å²) in [4.78, 5) is 2.33. The number of rotatable bonds is 7. The fourth-order valence-electron chi connectivity index (χ4n) is 8.85. The van der Waals surface area contributed by atoms with Crippen molar-refractivity contribution in [3.05, 3.63) is 231 Å². The van der Waals surface area contributed by atoms with Gasteiger partial charge in [0.15, 0.2) is 0 Å². The summed E-state index contributed by atoms with van der Waals surface area (Å²) in [6, 6.07) is 83.5. The molecule has 0 N–H and O–H groups in total. The summed E-state index contributed by atoms with van der Waals surface area (Å²) in [6.07, 6.45) is 0. The minimum absolute atomic E-state index is 1.11. The highest BCUT2D eigenvalue weighted by Gasteiger charge is 2.18. The molecule has 10 aromatic carbocycles. The Kier molecular flexibility index (Phi) is 8.19. The molecule has 1 aromatic heterocycles. The quantitative estimate of drug-likeness (QED) is 0.158. The molecule has 0 amide bonds. The highest BCUT2D eigenvalue weighted by Crippen LogP contribution is 2.42. The van der Waals surface area contributed by atoms with Crippen molar-refractivity contribution < 1.29 is 0 Å². The van der Waals surface area contributed by atoms with Gasteiger partial charge in [0, 0.05) is 38.9 Å². The maximum atomic E-state index is 2.44. The smallest absolute Gasteiger partial charge is 0.0619 e. The van der Waals surface area contributed by atoms with Crippen molar-refractivity contribution in [1.29, 1.82) is 0 Å². The van der Waals surface area contributed by atoms with Crippen molar-refractivity contribution in [1.82, 2.24) is 4.57 Å². The van der Waals surface area contributed by atoms with Gasteiger partial charge in [-0.3, -0.25) is 0 Å².